The van der Waals surface area contributed by atoms with Crippen LogP contribution in [0.1, 0.15) is 16.8 Å². The number of thioether (sulfide) groups is 1. The van der Waals surface area contributed by atoms with Crippen LogP contribution >= 0.6 is 11.8 Å². The summed E-state index contributed by atoms with van der Waals surface area (Å²) in [6.45, 7) is 0.762. The Morgan fingerprint density at radius 3 is 2.84 bits per heavy atom. The van der Waals surface area contributed by atoms with Crippen LogP contribution < -0.4 is 11.1 Å². The fourth-order valence-electron chi connectivity index (χ4n) is 2.90. The molecule has 0 radical (unpaired) electrons. The summed E-state index contributed by atoms with van der Waals surface area (Å²) < 4.78 is 5.61. The van der Waals surface area contributed by atoms with Gasteiger partial charge in [-0.15, -0.1) is 11.8 Å². The minimum Gasteiger partial charge on any atom is -0.376 e. The molecule has 1 aliphatic carbocycles. The van der Waals surface area contributed by atoms with Crippen molar-refractivity contribution in [1.82, 2.24) is 5.32 Å². The summed E-state index contributed by atoms with van der Waals surface area (Å²) in [4.78, 5) is 13.3. The molecule has 4 unspecified atom stereocenters. The van der Waals surface area contributed by atoms with Gasteiger partial charge in [0.05, 0.1) is 12.1 Å². The molecule has 1 saturated carbocycles. The average Bonchev–Trinajstić information content (AvgIpc) is 2.89. The molecule has 19 heavy (non-hydrogen) atoms. The summed E-state index contributed by atoms with van der Waals surface area (Å²) in [6.07, 6.45) is 3.14. The highest BCUT2D eigenvalue weighted by molar-refractivity contribution is 7.98. The predicted octanol–water partition coefficient (Wildman–Crippen LogP) is 1.25. The lowest BCUT2D eigenvalue weighted by atomic mass is 9.72. The van der Waals surface area contributed by atoms with Crippen molar-refractivity contribution in [2.24, 2.45) is 11.7 Å². The van der Waals surface area contributed by atoms with Crippen molar-refractivity contribution in [1.29, 1.82) is 0 Å². The largest absolute Gasteiger partial charge is 0.376 e. The Balaban J connectivity index is 1.64. The minimum absolute atomic E-state index is 0.0296. The van der Waals surface area contributed by atoms with E-state index in [0.717, 1.165) is 17.9 Å². The summed E-state index contributed by atoms with van der Waals surface area (Å²) in [5, 5.41) is 3.00. The number of hydrogen-bond donors (Lipinski definition) is 2. The van der Waals surface area contributed by atoms with Gasteiger partial charge in [0.15, 0.2) is 0 Å². The second-order valence-corrected chi connectivity index (χ2v) is 5.97. The van der Waals surface area contributed by atoms with E-state index in [1.807, 2.05) is 30.5 Å². The first kappa shape index (κ1) is 13.0. The summed E-state index contributed by atoms with van der Waals surface area (Å²) in [5.74, 6) is 0.353. The number of carbonyl (C=O) groups is 1. The van der Waals surface area contributed by atoms with Gasteiger partial charge in [0.25, 0.3) is 5.91 Å². The van der Waals surface area contributed by atoms with E-state index >= 15 is 0 Å². The van der Waals surface area contributed by atoms with E-state index < -0.39 is 0 Å². The van der Waals surface area contributed by atoms with Crippen molar-refractivity contribution < 1.29 is 9.53 Å². The van der Waals surface area contributed by atoms with Crippen LogP contribution in [0.5, 0.6) is 0 Å². The Morgan fingerprint density at radius 2 is 2.16 bits per heavy atom. The van der Waals surface area contributed by atoms with Gasteiger partial charge in [-0.1, -0.05) is 0 Å². The SMILES string of the molecule is CSc1ccc(C(=O)NC2C(N)C3CCOC32)cc1. The number of nitrogens with one attached hydrogen (secondary N) is 1. The molecule has 1 saturated heterocycles. The van der Waals surface area contributed by atoms with Gasteiger partial charge in [-0.25, -0.2) is 0 Å². The minimum atomic E-state index is -0.0675. The fourth-order valence-corrected chi connectivity index (χ4v) is 3.31. The van der Waals surface area contributed by atoms with Gasteiger partial charge in [-0.05, 0) is 36.9 Å². The maximum Gasteiger partial charge on any atom is 0.251 e. The average molecular weight is 278 g/mol. The molecule has 102 valence electrons. The highest BCUT2D eigenvalue weighted by Gasteiger charge is 2.52. The van der Waals surface area contributed by atoms with Crippen molar-refractivity contribution in [2.45, 2.75) is 29.5 Å². The lowest BCUT2D eigenvalue weighted by Gasteiger charge is -2.45. The second-order valence-electron chi connectivity index (χ2n) is 5.09. The normalized spacial score (nSPS) is 32.5. The number of benzene rings is 1. The Morgan fingerprint density at radius 1 is 1.42 bits per heavy atom. The van der Waals surface area contributed by atoms with Crippen LogP contribution in [0.15, 0.2) is 29.2 Å². The van der Waals surface area contributed by atoms with E-state index in [1.54, 1.807) is 11.8 Å². The standard InChI is InChI=1S/C14H18N2O2S/c1-19-9-4-2-8(3-5-9)14(17)16-12-11(15)10-6-7-18-13(10)12/h2-5,10-13H,6-7,15H2,1H3,(H,16,17). The Bertz CT molecular complexity index is 477. The third-order valence-electron chi connectivity index (χ3n) is 4.10. The van der Waals surface area contributed by atoms with Crippen LogP contribution in [-0.2, 0) is 4.74 Å². The Labute approximate surface area is 117 Å². The van der Waals surface area contributed by atoms with Gasteiger partial charge in [0.2, 0.25) is 0 Å². The quantitative estimate of drug-likeness (QED) is 0.817. The van der Waals surface area contributed by atoms with E-state index in [1.165, 1.54) is 0 Å². The number of rotatable bonds is 3. The molecular formula is C14H18N2O2S. The van der Waals surface area contributed by atoms with E-state index in [4.69, 9.17) is 10.5 Å². The number of nitrogens with two attached hydrogens (primary N) is 1. The number of amides is 1. The molecule has 4 nitrogen and oxygen atoms in total. The van der Waals surface area contributed by atoms with E-state index in [0.29, 0.717) is 11.5 Å². The lowest BCUT2D eigenvalue weighted by molar-refractivity contribution is -0.0161. The van der Waals surface area contributed by atoms with Crippen LogP contribution in [0, 0.1) is 5.92 Å². The van der Waals surface area contributed by atoms with Crippen LogP contribution in [-0.4, -0.2) is 37.0 Å². The lowest BCUT2D eigenvalue weighted by Crippen LogP contribution is -2.68. The van der Waals surface area contributed by atoms with Crippen molar-refractivity contribution in [2.75, 3.05) is 12.9 Å². The van der Waals surface area contributed by atoms with E-state index in [9.17, 15) is 4.79 Å². The van der Waals surface area contributed by atoms with Crippen LogP contribution in [0.4, 0.5) is 0 Å². The highest BCUT2D eigenvalue weighted by atomic mass is 32.2. The van der Waals surface area contributed by atoms with Gasteiger partial charge >= 0.3 is 0 Å². The van der Waals surface area contributed by atoms with Crippen LogP contribution in [0.2, 0.25) is 0 Å². The van der Waals surface area contributed by atoms with Gasteiger partial charge in [-0.3, -0.25) is 4.79 Å². The molecule has 3 N–H and O–H groups in total. The summed E-state index contributed by atoms with van der Waals surface area (Å²) in [6, 6.07) is 7.59. The van der Waals surface area contributed by atoms with Gasteiger partial charge in [-0.2, -0.15) is 0 Å². The maximum atomic E-state index is 12.2. The predicted molar refractivity (Wildman–Crippen MR) is 75.3 cm³/mol. The second kappa shape index (κ2) is 5.15. The summed E-state index contributed by atoms with van der Waals surface area (Å²) >= 11 is 1.66. The zero-order valence-corrected chi connectivity index (χ0v) is 11.7. The zero-order valence-electron chi connectivity index (χ0n) is 10.8. The van der Waals surface area contributed by atoms with Crippen molar-refractivity contribution in [3.63, 3.8) is 0 Å². The number of fused-ring (bicyclic) bond motifs is 1. The maximum absolute atomic E-state index is 12.2. The Hall–Kier alpha value is -1.04. The molecule has 1 aromatic rings. The van der Waals surface area contributed by atoms with Crippen LogP contribution in [0.25, 0.3) is 0 Å². The molecule has 1 aromatic carbocycles. The smallest absolute Gasteiger partial charge is 0.251 e. The molecule has 2 aliphatic rings. The third kappa shape index (κ3) is 2.26. The molecular weight excluding hydrogens is 260 g/mol. The first-order valence-corrected chi connectivity index (χ1v) is 7.75. The number of hydrogen-bond acceptors (Lipinski definition) is 4. The first-order valence-electron chi connectivity index (χ1n) is 6.53. The first-order chi connectivity index (χ1) is 9.20. The molecule has 4 atom stereocenters. The molecule has 1 aliphatic heterocycles. The number of carbonyl (C=O) groups excluding carboxylic acids is 1. The molecule has 0 aromatic heterocycles. The molecule has 2 fully saturated rings. The van der Waals surface area contributed by atoms with Crippen molar-refractivity contribution in [3.8, 4) is 0 Å². The van der Waals surface area contributed by atoms with Gasteiger partial charge in [0, 0.05) is 29.0 Å². The highest BCUT2D eigenvalue weighted by Crippen LogP contribution is 2.37. The van der Waals surface area contributed by atoms with Gasteiger partial charge in [0.1, 0.15) is 0 Å². The Kier molecular flexibility index (Phi) is 3.52. The van der Waals surface area contributed by atoms with Crippen molar-refractivity contribution >= 4 is 17.7 Å². The zero-order chi connectivity index (χ0) is 13.4. The summed E-state index contributed by atoms with van der Waals surface area (Å²) in [7, 11) is 0. The molecule has 5 heteroatoms. The molecule has 0 bridgehead atoms. The molecule has 1 heterocycles. The number of ether oxygens (including phenoxy) is 1. The fraction of sp³-hybridized carbons (Fsp3) is 0.500. The molecule has 3 rings (SSSR count). The third-order valence-corrected chi connectivity index (χ3v) is 4.84. The van der Waals surface area contributed by atoms with E-state index in [-0.39, 0.29) is 24.1 Å². The van der Waals surface area contributed by atoms with E-state index in [2.05, 4.69) is 5.32 Å². The van der Waals surface area contributed by atoms with Crippen molar-refractivity contribution in [3.05, 3.63) is 29.8 Å². The molecule has 1 amide bonds. The topological polar surface area (TPSA) is 64.4 Å². The van der Waals surface area contributed by atoms with Gasteiger partial charge < -0.3 is 15.8 Å². The monoisotopic (exact) mass is 278 g/mol. The van der Waals surface area contributed by atoms with Crippen LogP contribution in [0.3, 0.4) is 0 Å². The summed E-state index contributed by atoms with van der Waals surface area (Å²) in [5.41, 5.74) is 6.75. The molecule has 0 spiro atoms.